The third-order valence-electron chi connectivity index (χ3n) is 4.12. The lowest BCUT2D eigenvalue weighted by molar-refractivity contribution is 0.173. The molecule has 2 aromatic rings. The molecule has 0 bridgehead atoms. The average Bonchev–Trinajstić information content (AvgIpc) is 3.11. The zero-order valence-electron chi connectivity index (χ0n) is 12.7. The molecule has 22 heavy (non-hydrogen) atoms. The smallest absolute Gasteiger partial charge is 0.231 e. The first-order valence-corrected chi connectivity index (χ1v) is 7.78. The number of aromatic nitrogens is 3. The molecule has 1 aliphatic heterocycles. The summed E-state index contributed by atoms with van der Waals surface area (Å²) in [5.41, 5.74) is 3.59. The van der Waals surface area contributed by atoms with E-state index in [0.29, 0.717) is 12.7 Å². The summed E-state index contributed by atoms with van der Waals surface area (Å²) >= 11 is 0. The lowest BCUT2D eigenvalue weighted by Gasteiger charge is -2.09. The van der Waals surface area contributed by atoms with Gasteiger partial charge in [-0.15, -0.1) is 5.10 Å². The molecule has 2 aliphatic rings. The maximum absolute atomic E-state index is 5.61. The number of rotatable bonds is 6. The SMILES string of the molecule is Cn1cc(CCNCc2cc3c(c(C4CC4)c2)OCO3)nn1. The number of aryl methyl sites for hydroxylation is 1. The van der Waals surface area contributed by atoms with E-state index >= 15 is 0 Å². The fourth-order valence-corrected chi connectivity index (χ4v) is 2.86. The third kappa shape index (κ3) is 2.78. The lowest BCUT2D eigenvalue weighted by atomic mass is 10.0. The molecule has 1 aromatic carbocycles. The Morgan fingerprint density at radius 1 is 1.32 bits per heavy atom. The van der Waals surface area contributed by atoms with E-state index in [1.807, 2.05) is 13.2 Å². The Morgan fingerprint density at radius 3 is 3.00 bits per heavy atom. The Morgan fingerprint density at radius 2 is 2.23 bits per heavy atom. The number of nitrogens with one attached hydrogen (secondary N) is 1. The minimum atomic E-state index is 0.346. The van der Waals surface area contributed by atoms with Crippen molar-refractivity contribution in [1.29, 1.82) is 0 Å². The quantitative estimate of drug-likeness (QED) is 0.824. The van der Waals surface area contributed by atoms with Crippen molar-refractivity contribution in [3.05, 3.63) is 35.2 Å². The molecule has 4 rings (SSSR count). The second-order valence-corrected chi connectivity index (χ2v) is 6.00. The molecule has 1 aromatic heterocycles. The van der Waals surface area contributed by atoms with Crippen LogP contribution in [-0.4, -0.2) is 28.3 Å². The monoisotopic (exact) mass is 300 g/mol. The Balaban J connectivity index is 1.37. The van der Waals surface area contributed by atoms with Gasteiger partial charge in [-0.25, -0.2) is 0 Å². The van der Waals surface area contributed by atoms with Crippen molar-refractivity contribution >= 4 is 0 Å². The topological polar surface area (TPSA) is 61.2 Å². The highest BCUT2D eigenvalue weighted by Crippen LogP contribution is 2.49. The molecular formula is C16H20N4O2. The van der Waals surface area contributed by atoms with E-state index < -0.39 is 0 Å². The summed E-state index contributed by atoms with van der Waals surface area (Å²) in [5.74, 6) is 2.52. The summed E-state index contributed by atoms with van der Waals surface area (Å²) < 4.78 is 12.9. The van der Waals surface area contributed by atoms with Crippen molar-refractivity contribution in [2.45, 2.75) is 31.7 Å². The van der Waals surface area contributed by atoms with Crippen LogP contribution >= 0.6 is 0 Å². The van der Waals surface area contributed by atoms with E-state index in [0.717, 1.165) is 36.7 Å². The molecule has 0 spiro atoms. The molecule has 1 aliphatic carbocycles. The van der Waals surface area contributed by atoms with Crippen molar-refractivity contribution in [2.24, 2.45) is 7.05 Å². The standard InChI is InChI=1S/C16H20N4O2/c1-20-9-13(18-19-20)4-5-17-8-11-6-14(12-2-3-12)16-15(7-11)21-10-22-16/h6-7,9,12,17H,2-5,8,10H2,1H3. The van der Waals surface area contributed by atoms with Gasteiger partial charge < -0.3 is 14.8 Å². The predicted octanol–water partition coefficient (Wildman–Crippen LogP) is 1.75. The van der Waals surface area contributed by atoms with Crippen LogP contribution < -0.4 is 14.8 Å². The van der Waals surface area contributed by atoms with Crippen LogP contribution in [0.25, 0.3) is 0 Å². The molecule has 0 atom stereocenters. The maximum Gasteiger partial charge on any atom is 0.231 e. The molecule has 0 amide bonds. The van der Waals surface area contributed by atoms with Gasteiger partial charge in [0.05, 0.1) is 5.69 Å². The number of fused-ring (bicyclic) bond motifs is 1. The number of nitrogens with zero attached hydrogens (tertiary/aromatic N) is 3. The molecule has 0 unspecified atom stereocenters. The minimum absolute atomic E-state index is 0.346. The van der Waals surface area contributed by atoms with E-state index in [-0.39, 0.29) is 0 Å². The van der Waals surface area contributed by atoms with Gasteiger partial charge in [0.25, 0.3) is 0 Å². The number of ether oxygens (including phenoxy) is 2. The second kappa shape index (κ2) is 5.61. The molecule has 2 heterocycles. The van der Waals surface area contributed by atoms with E-state index in [2.05, 4.69) is 27.8 Å². The highest BCUT2D eigenvalue weighted by Gasteiger charge is 2.31. The van der Waals surface area contributed by atoms with Crippen LogP contribution in [0.3, 0.4) is 0 Å². The van der Waals surface area contributed by atoms with Crippen LogP contribution in [-0.2, 0) is 20.0 Å². The second-order valence-electron chi connectivity index (χ2n) is 6.00. The fourth-order valence-electron chi connectivity index (χ4n) is 2.86. The maximum atomic E-state index is 5.61. The van der Waals surface area contributed by atoms with Crippen molar-refractivity contribution in [1.82, 2.24) is 20.3 Å². The Hall–Kier alpha value is -2.08. The zero-order chi connectivity index (χ0) is 14.9. The van der Waals surface area contributed by atoms with Gasteiger partial charge in [0.15, 0.2) is 11.5 Å². The minimum Gasteiger partial charge on any atom is -0.454 e. The van der Waals surface area contributed by atoms with Gasteiger partial charge in [0.1, 0.15) is 0 Å². The van der Waals surface area contributed by atoms with E-state index in [1.165, 1.54) is 24.0 Å². The van der Waals surface area contributed by atoms with Gasteiger partial charge in [-0.3, -0.25) is 4.68 Å². The van der Waals surface area contributed by atoms with Crippen molar-refractivity contribution in [3.63, 3.8) is 0 Å². The van der Waals surface area contributed by atoms with Crippen LogP contribution in [0, 0.1) is 0 Å². The van der Waals surface area contributed by atoms with Crippen LogP contribution in [0.4, 0.5) is 0 Å². The molecular weight excluding hydrogens is 280 g/mol. The van der Waals surface area contributed by atoms with Crippen molar-refractivity contribution in [3.8, 4) is 11.5 Å². The van der Waals surface area contributed by atoms with Gasteiger partial charge in [-0.2, -0.15) is 0 Å². The Bertz CT molecular complexity index is 679. The van der Waals surface area contributed by atoms with E-state index in [4.69, 9.17) is 9.47 Å². The molecule has 1 N–H and O–H groups in total. The van der Waals surface area contributed by atoms with Crippen LogP contribution in [0.1, 0.15) is 35.6 Å². The van der Waals surface area contributed by atoms with Crippen molar-refractivity contribution < 1.29 is 9.47 Å². The molecule has 0 radical (unpaired) electrons. The summed E-state index contributed by atoms with van der Waals surface area (Å²) in [6.07, 6.45) is 5.36. The van der Waals surface area contributed by atoms with Gasteiger partial charge in [0, 0.05) is 38.3 Å². The highest BCUT2D eigenvalue weighted by atomic mass is 16.7. The molecule has 6 heteroatoms. The number of hydrogen-bond acceptors (Lipinski definition) is 5. The summed E-state index contributed by atoms with van der Waals surface area (Å²) in [6, 6.07) is 4.35. The average molecular weight is 300 g/mol. The predicted molar refractivity (Wildman–Crippen MR) is 81.0 cm³/mol. The normalized spacial score (nSPS) is 16.2. The largest absolute Gasteiger partial charge is 0.454 e. The zero-order valence-corrected chi connectivity index (χ0v) is 12.7. The molecule has 0 saturated heterocycles. The highest BCUT2D eigenvalue weighted by molar-refractivity contribution is 5.53. The van der Waals surface area contributed by atoms with E-state index in [9.17, 15) is 0 Å². The van der Waals surface area contributed by atoms with Crippen molar-refractivity contribution in [2.75, 3.05) is 13.3 Å². The summed E-state index contributed by atoms with van der Waals surface area (Å²) in [5, 5.41) is 11.5. The lowest BCUT2D eigenvalue weighted by Crippen LogP contribution is -2.17. The van der Waals surface area contributed by atoms with Crippen LogP contribution in [0.5, 0.6) is 11.5 Å². The van der Waals surface area contributed by atoms with Gasteiger partial charge in [-0.1, -0.05) is 11.3 Å². The van der Waals surface area contributed by atoms with E-state index in [1.54, 1.807) is 4.68 Å². The molecule has 6 nitrogen and oxygen atoms in total. The first-order valence-electron chi connectivity index (χ1n) is 7.78. The molecule has 116 valence electrons. The Kier molecular flexibility index (Phi) is 3.46. The fraction of sp³-hybridized carbons (Fsp3) is 0.500. The van der Waals surface area contributed by atoms with Gasteiger partial charge >= 0.3 is 0 Å². The van der Waals surface area contributed by atoms with Gasteiger partial charge in [-0.05, 0) is 30.4 Å². The summed E-state index contributed by atoms with van der Waals surface area (Å²) in [7, 11) is 1.88. The number of benzene rings is 1. The first-order chi connectivity index (χ1) is 10.8. The van der Waals surface area contributed by atoms with Gasteiger partial charge in [0.2, 0.25) is 6.79 Å². The Labute approximate surface area is 129 Å². The summed E-state index contributed by atoms with van der Waals surface area (Å²) in [6.45, 7) is 2.06. The van der Waals surface area contributed by atoms with Crippen LogP contribution in [0.2, 0.25) is 0 Å². The molecule has 1 fully saturated rings. The summed E-state index contributed by atoms with van der Waals surface area (Å²) in [4.78, 5) is 0. The van der Waals surface area contributed by atoms with Crippen LogP contribution in [0.15, 0.2) is 18.3 Å². The number of hydrogen-bond donors (Lipinski definition) is 1. The molecule has 1 saturated carbocycles. The first kappa shape index (κ1) is 13.6. The third-order valence-corrected chi connectivity index (χ3v) is 4.12.